The molecule has 3 rings (SSSR count). The van der Waals surface area contributed by atoms with Gasteiger partial charge in [-0.1, -0.05) is 6.92 Å². The molecule has 0 amide bonds. The van der Waals surface area contributed by atoms with Gasteiger partial charge in [-0.25, -0.2) is 4.98 Å². The minimum atomic E-state index is 0.0310. The van der Waals surface area contributed by atoms with Crippen molar-refractivity contribution in [2.45, 2.75) is 38.8 Å². The molecular weight excluding hydrogens is 254 g/mol. The van der Waals surface area contributed by atoms with Crippen molar-refractivity contribution in [2.75, 3.05) is 26.4 Å². The molecule has 1 aromatic heterocycles. The number of nitrogens with zero attached hydrogens (tertiary/aromatic N) is 2. The van der Waals surface area contributed by atoms with Crippen molar-refractivity contribution in [2.24, 2.45) is 17.1 Å². The molecule has 2 fully saturated rings. The Labute approximate surface area is 120 Å². The Morgan fingerprint density at radius 1 is 1.40 bits per heavy atom. The largest absolute Gasteiger partial charge is 0.381 e. The summed E-state index contributed by atoms with van der Waals surface area (Å²) in [6.07, 6.45) is 7.10. The van der Waals surface area contributed by atoms with Crippen molar-refractivity contribution in [3.8, 4) is 0 Å². The molecule has 0 saturated carbocycles. The molecule has 2 aliphatic rings. The number of aromatic nitrogens is 2. The van der Waals surface area contributed by atoms with Gasteiger partial charge < -0.3 is 19.8 Å². The summed E-state index contributed by atoms with van der Waals surface area (Å²) in [5, 5.41) is 0. The molecule has 3 heterocycles. The first-order valence-corrected chi connectivity index (χ1v) is 7.59. The van der Waals surface area contributed by atoms with Crippen LogP contribution in [0.5, 0.6) is 0 Å². The lowest BCUT2D eigenvalue weighted by Gasteiger charge is -2.34. The molecule has 2 atom stereocenters. The zero-order valence-corrected chi connectivity index (χ0v) is 12.3. The minimum absolute atomic E-state index is 0.0310. The molecule has 0 radical (unpaired) electrons. The summed E-state index contributed by atoms with van der Waals surface area (Å²) in [5.41, 5.74) is 7.87. The normalized spacial score (nSPS) is 27.6. The molecule has 112 valence electrons. The number of nitrogens with two attached hydrogens (primary N) is 1. The molecule has 1 aromatic rings. The SMILES string of the molecule is CC1(Cn2cncc2C(N)C2CCOC2)CCOCC1. The van der Waals surface area contributed by atoms with Crippen LogP contribution in [0.3, 0.4) is 0 Å². The number of rotatable bonds is 4. The summed E-state index contributed by atoms with van der Waals surface area (Å²) < 4.78 is 13.2. The highest BCUT2D eigenvalue weighted by molar-refractivity contribution is 5.07. The Kier molecular flexibility index (Phi) is 4.10. The van der Waals surface area contributed by atoms with Crippen LogP contribution in [-0.2, 0) is 16.0 Å². The fraction of sp³-hybridized carbons (Fsp3) is 0.800. The zero-order valence-electron chi connectivity index (χ0n) is 12.3. The smallest absolute Gasteiger partial charge is 0.0948 e. The molecule has 0 spiro atoms. The summed E-state index contributed by atoms with van der Waals surface area (Å²) in [7, 11) is 0. The highest BCUT2D eigenvalue weighted by Crippen LogP contribution is 2.33. The Hall–Kier alpha value is -0.910. The minimum Gasteiger partial charge on any atom is -0.381 e. The topological polar surface area (TPSA) is 62.3 Å². The maximum atomic E-state index is 6.43. The quantitative estimate of drug-likeness (QED) is 0.912. The second kappa shape index (κ2) is 5.84. The van der Waals surface area contributed by atoms with E-state index in [0.717, 1.165) is 57.9 Å². The van der Waals surface area contributed by atoms with Gasteiger partial charge in [0.15, 0.2) is 0 Å². The van der Waals surface area contributed by atoms with Crippen molar-refractivity contribution in [1.82, 2.24) is 9.55 Å². The van der Waals surface area contributed by atoms with Crippen molar-refractivity contribution in [3.63, 3.8) is 0 Å². The Morgan fingerprint density at radius 2 is 2.20 bits per heavy atom. The lowest BCUT2D eigenvalue weighted by atomic mass is 9.82. The number of hydrogen-bond acceptors (Lipinski definition) is 4. The van der Waals surface area contributed by atoms with Gasteiger partial charge in [0.2, 0.25) is 0 Å². The van der Waals surface area contributed by atoms with Crippen LogP contribution in [0.15, 0.2) is 12.5 Å². The summed E-state index contributed by atoms with van der Waals surface area (Å²) in [6.45, 7) is 6.65. The standard InChI is InChI=1S/C15H25N3O2/c1-15(3-6-19-7-4-15)10-18-11-17-8-13(18)14(16)12-2-5-20-9-12/h8,11-12,14H,2-7,9-10,16H2,1H3. The molecule has 0 aromatic carbocycles. The van der Waals surface area contributed by atoms with Crippen LogP contribution in [0.4, 0.5) is 0 Å². The monoisotopic (exact) mass is 279 g/mol. The van der Waals surface area contributed by atoms with Crippen LogP contribution in [0.25, 0.3) is 0 Å². The molecule has 0 aliphatic carbocycles. The van der Waals surface area contributed by atoms with Crippen LogP contribution in [0.1, 0.15) is 37.9 Å². The van der Waals surface area contributed by atoms with Gasteiger partial charge >= 0.3 is 0 Å². The first kappa shape index (κ1) is 14.0. The van der Waals surface area contributed by atoms with Crippen molar-refractivity contribution < 1.29 is 9.47 Å². The molecule has 0 bridgehead atoms. The summed E-state index contributed by atoms with van der Waals surface area (Å²) >= 11 is 0. The van der Waals surface area contributed by atoms with Crippen LogP contribution in [0.2, 0.25) is 0 Å². The Morgan fingerprint density at radius 3 is 2.90 bits per heavy atom. The molecule has 2 aliphatic heterocycles. The highest BCUT2D eigenvalue weighted by Gasteiger charge is 2.31. The van der Waals surface area contributed by atoms with Crippen LogP contribution < -0.4 is 5.73 Å². The third kappa shape index (κ3) is 2.90. The third-order valence-electron chi connectivity index (χ3n) is 4.81. The second-order valence-corrected chi connectivity index (χ2v) is 6.52. The van der Waals surface area contributed by atoms with Gasteiger partial charge in [-0.2, -0.15) is 0 Å². The van der Waals surface area contributed by atoms with Crippen LogP contribution in [-0.4, -0.2) is 36.0 Å². The van der Waals surface area contributed by atoms with Crippen molar-refractivity contribution in [3.05, 3.63) is 18.2 Å². The predicted octanol–water partition coefficient (Wildman–Crippen LogP) is 1.74. The summed E-state index contributed by atoms with van der Waals surface area (Å²) in [4.78, 5) is 4.32. The van der Waals surface area contributed by atoms with E-state index in [9.17, 15) is 0 Å². The lowest BCUT2D eigenvalue weighted by molar-refractivity contribution is 0.0149. The van der Waals surface area contributed by atoms with E-state index in [1.807, 2.05) is 12.5 Å². The van der Waals surface area contributed by atoms with E-state index in [0.29, 0.717) is 11.3 Å². The first-order valence-electron chi connectivity index (χ1n) is 7.59. The first-order chi connectivity index (χ1) is 9.68. The maximum absolute atomic E-state index is 6.43. The molecule has 5 nitrogen and oxygen atoms in total. The lowest BCUT2D eigenvalue weighted by Crippen LogP contribution is -2.33. The molecular formula is C15H25N3O2. The van der Waals surface area contributed by atoms with Crippen molar-refractivity contribution in [1.29, 1.82) is 0 Å². The fourth-order valence-electron chi connectivity index (χ4n) is 3.25. The fourth-order valence-corrected chi connectivity index (χ4v) is 3.25. The average molecular weight is 279 g/mol. The van der Waals surface area contributed by atoms with Gasteiger partial charge in [-0.15, -0.1) is 0 Å². The molecule has 5 heteroatoms. The van der Waals surface area contributed by atoms with E-state index in [1.165, 1.54) is 0 Å². The number of ether oxygens (including phenoxy) is 2. The van der Waals surface area contributed by atoms with E-state index >= 15 is 0 Å². The van der Waals surface area contributed by atoms with E-state index in [4.69, 9.17) is 15.2 Å². The number of hydrogen-bond donors (Lipinski definition) is 1. The molecule has 20 heavy (non-hydrogen) atoms. The number of imidazole rings is 1. The van der Waals surface area contributed by atoms with Gasteiger partial charge in [0.05, 0.1) is 24.7 Å². The predicted molar refractivity (Wildman–Crippen MR) is 76.2 cm³/mol. The molecule has 2 saturated heterocycles. The Bertz CT molecular complexity index is 434. The zero-order chi connectivity index (χ0) is 14.0. The molecule has 2 unspecified atom stereocenters. The van der Waals surface area contributed by atoms with Crippen LogP contribution in [0, 0.1) is 11.3 Å². The second-order valence-electron chi connectivity index (χ2n) is 6.52. The highest BCUT2D eigenvalue weighted by atomic mass is 16.5. The van der Waals surface area contributed by atoms with E-state index in [2.05, 4.69) is 16.5 Å². The van der Waals surface area contributed by atoms with E-state index < -0.39 is 0 Å². The van der Waals surface area contributed by atoms with Crippen molar-refractivity contribution >= 4 is 0 Å². The van der Waals surface area contributed by atoms with Gasteiger partial charge in [0.1, 0.15) is 0 Å². The Balaban J connectivity index is 1.72. The van der Waals surface area contributed by atoms with Gasteiger partial charge in [0.25, 0.3) is 0 Å². The average Bonchev–Trinajstić information content (AvgIpc) is 3.09. The van der Waals surface area contributed by atoms with Gasteiger partial charge in [0, 0.05) is 38.5 Å². The van der Waals surface area contributed by atoms with Crippen LogP contribution >= 0.6 is 0 Å². The van der Waals surface area contributed by atoms with Gasteiger partial charge in [-0.3, -0.25) is 0 Å². The van der Waals surface area contributed by atoms with E-state index in [1.54, 1.807) is 0 Å². The maximum Gasteiger partial charge on any atom is 0.0948 e. The third-order valence-corrected chi connectivity index (χ3v) is 4.81. The molecule has 2 N–H and O–H groups in total. The van der Waals surface area contributed by atoms with E-state index in [-0.39, 0.29) is 6.04 Å². The summed E-state index contributed by atoms with van der Waals surface area (Å²) in [6, 6.07) is 0.0310. The summed E-state index contributed by atoms with van der Waals surface area (Å²) in [5.74, 6) is 0.424. The van der Waals surface area contributed by atoms with Gasteiger partial charge in [-0.05, 0) is 24.7 Å².